The number of rotatable bonds is 2. The van der Waals surface area contributed by atoms with E-state index in [1.807, 2.05) is 6.07 Å². The van der Waals surface area contributed by atoms with Gasteiger partial charge in [0.25, 0.3) is 5.91 Å². The van der Waals surface area contributed by atoms with E-state index in [1.165, 1.54) is 23.6 Å². The summed E-state index contributed by atoms with van der Waals surface area (Å²) in [5.74, 6) is -0.250. The summed E-state index contributed by atoms with van der Waals surface area (Å²) in [6.45, 7) is 1.65. The molecule has 0 fully saturated rings. The van der Waals surface area contributed by atoms with Gasteiger partial charge in [0.1, 0.15) is 12.4 Å². The van der Waals surface area contributed by atoms with E-state index in [2.05, 4.69) is 9.97 Å². The van der Waals surface area contributed by atoms with Crippen molar-refractivity contribution in [1.82, 2.24) is 14.9 Å². The summed E-state index contributed by atoms with van der Waals surface area (Å²) >= 11 is 0. The van der Waals surface area contributed by atoms with Crippen molar-refractivity contribution in [3.63, 3.8) is 0 Å². The van der Waals surface area contributed by atoms with Gasteiger partial charge in [0.15, 0.2) is 0 Å². The van der Waals surface area contributed by atoms with Crippen LogP contribution in [0.3, 0.4) is 0 Å². The van der Waals surface area contributed by atoms with E-state index in [4.69, 9.17) is 5.26 Å². The predicted octanol–water partition coefficient (Wildman–Crippen LogP) is 0.461. The molecule has 0 aromatic carbocycles. The number of hydrogen-bond acceptors (Lipinski definition) is 4. The Hall–Kier alpha value is -1.96. The van der Waals surface area contributed by atoms with Crippen LogP contribution in [0.2, 0.25) is 0 Å². The van der Waals surface area contributed by atoms with E-state index in [-0.39, 0.29) is 5.91 Å². The lowest BCUT2D eigenvalue weighted by Crippen LogP contribution is -2.34. The third-order valence-corrected chi connectivity index (χ3v) is 1.90. The summed E-state index contributed by atoms with van der Waals surface area (Å²) < 4.78 is 0. The molecule has 1 unspecified atom stereocenters. The molecule has 0 aliphatic heterocycles. The highest BCUT2D eigenvalue weighted by molar-refractivity contribution is 5.93. The Balaban J connectivity index is 2.82. The van der Waals surface area contributed by atoms with Crippen LogP contribution in [0.1, 0.15) is 17.3 Å². The molecule has 5 nitrogen and oxygen atoms in total. The average Bonchev–Trinajstić information content (AvgIpc) is 2.27. The first kappa shape index (κ1) is 10.1. The number of amides is 1. The van der Waals surface area contributed by atoms with Crippen molar-refractivity contribution >= 4 is 5.91 Å². The molecule has 0 aliphatic carbocycles. The van der Waals surface area contributed by atoms with Gasteiger partial charge in [-0.15, -0.1) is 0 Å². The Kier molecular flexibility index (Phi) is 3.13. The molecular formula is C9H10N4O. The second kappa shape index (κ2) is 4.33. The number of hydrogen-bond donors (Lipinski definition) is 0. The summed E-state index contributed by atoms with van der Waals surface area (Å²) in [6.07, 6.45) is 4.20. The highest BCUT2D eigenvalue weighted by Gasteiger charge is 2.16. The number of carbonyl (C=O) groups excluding carboxylic acids is 1. The van der Waals surface area contributed by atoms with Gasteiger partial charge in [0.05, 0.1) is 11.6 Å². The van der Waals surface area contributed by atoms with Crippen LogP contribution in [0.5, 0.6) is 0 Å². The Bertz CT molecular complexity index is 357. The third kappa shape index (κ3) is 2.04. The van der Waals surface area contributed by atoms with Crippen LogP contribution < -0.4 is 0 Å². The van der Waals surface area contributed by atoms with E-state index in [0.717, 1.165) is 0 Å². The largest absolute Gasteiger partial charge is 0.326 e. The van der Waals surface area contributed by atoms with Crippen molar-refractivity contribution in [2.75, 3.05) is 7.05 Å². The van der Waals surface area contributed by atoms with Crippen molar-refractivity contribution < 1.29 is 4.79 Å². The molecule has 1 aromatic heterocycles. The molecule has 1 aromatic rings. The minimum Gasteiger partial charge on any atom is -0.326 e. The van der Waals surface area contributed by atoms with Crippen molar-refractivity contribution in [2.24, 2.45) is 0 Å². The van der Waals surface area contributed by atoms with Gasteiger partial charge in [0.2, 0.25) is 0 Å². The molecule has 0 bridgehead atoms. The third-order valence-electron chi connectivity index (χ3n) is 1.90. The van der Waals surface area contributed by atoms with Crippen LogP contribution >= 0.6 is 0 Å². The summed E-state index contributed by atoms with van der Waals surface area (Å²) in [7, 11) is 1.57. The summed E-state index contributed by atoms with van der Waals surface area (Å²) in [5.41, 5.74) is 0.386. The minimum atomic E-state index is -0.456. The lowest BCUT2D eigenvalue weighted by molar-refractivity contribution is 0.0772. The maximum atomic E-state index is 11.6. The van der Waals surface area contributed by atoms with Crippen molar-refractivity contribution in [1.29, 1.82) is 5.26 Å². The lowest BCUT2D eigenvalue weighted by atomic mass is 10.2. The zero-order chi connectivity index (χ0) is 10.6. The Morgan fingerprint density at radius 3 is 2.64 bits per heavy atom. The normalized spacial score (nSPS) is 11.5. The highest BCUT2D eigenvalue weighted by Crippen LogP contribution is 2.02. The van der Waals surface area contributed by atoms with Gasteiger partial charge in [-0.2, -0.15) is 5.26 Å². The van der Waals surface area contributed by atoms with Gasteiger partial charge in [0, 0.05) is 19.4 Å². The Morgan fingerprint density at radius 2 is 2.14 bits per heavy atom. The summed E-state index contributed by atoms with van der Waals surface area (Å²) in [4.78, 5) is 20.4. The molecule has 1 rings (SSSR count). The van der Waals surface area contributed by atoms with Crippen LogP contribution in [-0.2, 0) is 0 Å². The van der Waals surface area contributed by atoms with Crippen LogP contribution in [0, 0.1) is 11.3 Å². The highest BCUT2D eigenvalue weighted by atomic mass is 16.2. The number of nitriles is 1. The molecule has 1 atom stereocenters. The lowest BCUT2D eigenvalue weighted by Gasteiger charge is -2.18. The maximum absolute atomic E-state index is 11.6. The first-order valence-corrected chi connectivity index (χ1v) is 4.08. The molecule has 0 saturated carbocycles. The number of aromatic nitrogens is 2. The van der Waals surface area contributed by atoms with Crippen LogP contribution in [0.25, 0.3) is 0 Å². The van der Waals surface area contributed by atoms with Crippen LogP contribution in [0.4, 0.5) is 0 Å². The van der Waals surface area contributed by atoms with Gasteiger partial charge in [-0.3, -0.25) is 4.79 Å². The zero-order valence-electron chi connectivity index (χ0n) is 8.01. The van der Waals surface area contributed by atoms with E-state index < -0.39 is 6.04 Å². The van der Waals surface area contributed by atoms with E-state index in [9.17, 15) is 4.79 Å². The molecule has 0 spiro atoms. The first-order chi connectivity index (χ1) is 6.66. The predicted molar refractivity (Wildman–Crippen MR) is 49.2 cm³/mol. The van der Waals surface area contributed by atoms with Crippen molar-refractivity contribution in [2.45, 2.75) is 13.0 Å². The fraction of sp³-hybridized carbons (Fsp3) is 0.333. The van der Waals surface area contributed by atoms with Crippen LogP contribution in [-0.4, -0.2) is 33.9 Å². The van der Waals surface area contributed by atoms with Crippen LogP contribution in [0.15, 0.2) is 18.7 Å². The number of nitrogens with zero attached hydrogens (tertiary/aromatic N) is 4. The SMILES string of the molecule is CC(C#N)N(C)C(=O)c1cncnc1. The van der Waals surface area contributed by atoms with Gasteiger partial charge in [-0.25, -0.2) is 9.97 Å². The Morgan fingerprint density at radius 1 is 1.57 bits per heavy atom. The molecule has 0 radical (unpaired) electrons. The fourth-order valence-corrected chi connectivity index (χ4v) is 0.876. The fourth-order valence-electron chi connectivity index (χ4n) is 0.876. The zero-order valence-corrected chi connectivity index (χ0v) is 8.01. The van der Waals surface area contributed by atoms with E-state index in [1.54, 1.807) is 14.0 Å². The first-order valence-electron chi connectivity index (χ1n) is 4.08. The molecule has 0 N–H and O–H groups in total. The quantitative estimate of drug-likeness (QED) is 0.679. The van der Waals surface area contributed by atoms with Crippen molar-refractivity contribution in [3.05, 3.63) is 24.3 Å². The molecule has 5 heteroatoms. The molecule has 0 saturated heterocycles. The second-order valence-electron chi connectivity index (χ2n) is 2.85. The summed E-state index contributed by atoms with van der Waals surface area (Å²) in [5, 5.41) is 8.63. The van der Waals surface area contributed by atoms with E-state index >= 15 is 0 Å². The van der Waals surface area contributed by atoms with Gasteiger partial charge >= 0.3 is 0 Å². The number of carbonyl (C=O) groups is 1. The monoisotopic (exact) mass is 190 g/mol. The molecule has 72 valence electrons. The minimum absolute atomic E-state index is 0.250. The topological polar surface area (TPSA) is 69.9 Å². The second-order valence-corrected chi connectivity index (χ2v) is 2.85. The van der Waals surface area contributed by atoms with Gasteiger partial charge < -0.3 is 4.90 Å². The molecule has 14 heavy (non-hydrogen) atoms. The van der Waals surface area contributed by atoms with Crippen molar-refractivity contribution in [3.8, 4) is 6.07 Å². The smallest absolute Gasteiger partial charge is 0.257 e. The van der Waals surface area contributed by atoms with E-state index in [0.29, 0.717) is 5.56 Å². The standard InChI is InChI=1S/C9H10N4O/c1-7(3-10)13(2)9(14)8-4-11-6-12-5-8/h4-7H,1-2H3. The van der Waals surface area contributed by atoms with Gasteiger partial charge in [-0.1, -0.05) is 0 Å². The molecule has 1 heterocycles. The molecular weight excluding hydrogens is 180 g/mol. The molecule has 1 amide bonds. The maximum Gasteiger partial charge on any atom is 0.257 e. The Labute approximate surface area is 82.0 Å². The molecule has 0 aliphatic rings. The van der Waals surface area contributed by atoms with Gasteiger partial charge in [-0.05, 0) is 6.92 Å². The summed E-state index contributed by atoms with van der Waals surface area (Å²) in [6, 6.07) is 1.52. The average molecular weight is 190 g/mol.